The monoisotopic (exact) mass is 1240 g/mol. The smallest absolute Gasteiger partial charge is 0.335 e. The van der Waals surface area contributed by atoms with Crippen LogP contribution in [-0.4, -0.2) is 93.9 Å². The number of carboxylic acid groups (broad SMARTS) is 1. The van der Waals surface area contributed by atoms with Crippen LogP contribution in [0, 0.1) is 34.1 Å². The third kappa shape index (κ3) is 23.7. The molecule has 0 saturated heterocycles. The molecule has 6 aromatic carbocycles. The molecule has 472 valence electrons. The van der Waals surface area contributed by atoms with Gasteiger partial charge in [-0.1, -0.05) is 90.1 Å². The van der Waals surface area contributed by atoms with Crippen molar-refractivity contribution < 1.29 is 59.3 Å². The molecule has 0 radical (unpaired) electrons. The number of fused-ring (bicyclic) bond motifs is 2. The van der Waals surface area contributed by atoms with Crippen LogP contribution in [0.3, 0.4) is 0 Å². The molecule has 0 aromatic heterocycles. The molecule has 1 amide bonds. The highest BCUT2D eigenvalue weighted by atomic mass is 32.2. The number of hydrogen-bond donors (Lipinski definition) is 9. The summed E-state index contributed by atoms with van der Waals surface area (Å²) in [5, 5.41) is 40.3. The average molecular weight is 1250 g/mol. The fourth-order valence-corrected chi connectivity index (χ4v) is 12.0. The van der Waals surface area contributed by atoms with Gasteiger partial charge < -0.3 is 37.0 Å². The number of carbonyl (C=O) groups excluding carboxylic acids is 1. The number of hydrogen-bond acceptors (Lipinski definition) is 11. The number of carboxylic acids is 1. The molecule has 0 saturated carbocycles. The Morgan fingerprint density at radius 1 is 0.563 bits per heavy atom. The highest BCUT2D eigenvalue weighted by Gasteiger charge is 2.28. The van der Waals surface area contributed by atoms with Crippen LogP contribution in [0.25, 0.3) is 0 Å². The Kier molecular flexibility index (Phi) is 24.3. The highest BCUT2D eigenvalue weighted by molar-refractivity contribution is 7.92. The molecule has 0 aliphatic heterocycles. The van der Waals surface area contributed by atoms with Gasteiger partial charge in [-0.25, -0.2) is 39.2 Å². The molecule has 10 N–H and O–H groups in total. The quantitative estimate of drug-likeness (QED) is 0.0306. The summed E-state index contributed by atoms with van der Waals surface area (Å²) in [6.07, 6.45) is 8.33. The van der Waals surface area contributed by atoms with Crippen molar-refractivity contribution in [1.82, 2.24) is 16.0 Å². The van der Waals surface area contributed by atoms with Crippen LogP contribution in [0.4, 0.5) is 28.9 Å². The molecule has 21 heteroatoms. The van der Waals surface area contributed by atoms with Crippen LogP contribution < -0.4 is 31.1 Å². The topological polar surface area (TPSA) is 249 Å². The summed E-state index contributed by atoms with van der Waals surface area (Å²) >= 11 is 0. The van der Waals surface area contributed by atoms with Crippen molar-refractivity contribution in [2.24, 2.45) is 16.6 Å². The van der Waals surface area contributed by atoms with Gasteiger partial charge in [-0.3, -0.25) is 14.2 Å². The van der Waals surface area contributed by atoms with Crippen LogP contribution in [0.5, 0.6) is 0 Å². The molecule has 2 aliphatic carbocycles. The number of sulfonamides is 2. The molecule has 0 heterocycles. The van der Waals surface area contributed by atoms with Crippen LogP contribution >= 0.6 is 0 Å². The Balaban J connectivity index is 0.000000236. The summed E-state index contributed by atoms with van der Waals surface area (Å²) in [5.41, 5.74) is 15.6. The van der Waals surface area contributed by atoms with E-state index in [0.29, 0.717) is 12.1 Å². The number of aliphatic hydroxyl groups is 2. The number of rotatable bonds is 21. The Morgan fingerprint density at radius 2 is 0.977 bits per heavy atom. The lowest BCUT2D eigenvalue weighted by Crippen LogP contribution is -2.49. The number of carbonyl (C=O) groups is 2. The van der Waals surface area contributed by atoms with Crippen molar-refractivity contribution in [2.75, 3.05) is 35.0 Å². The molecule has 6 atom stereocenters. The molecule has 2 aliphatic rings. The Labute approximate surface area is 510 Å². The minimum atomic E-state index is -3.56. The molecule has 15 nitrogen and oxygen atoms in total. The normalized spacial score (nSPS) is 16.4. The maximum atomic E-state index is 14.0. The predicted molar refractivity (Wildman–Crippen MR) is 335 cm³/mol. The number of nitrogens with one attached hydrogen (secondary N) is 5. The summed E-state index contributed by atoms with van der Waals surface area (Å²) in [6, 6.07) is 30.1. The van der Waals surface area contributed by atoms with Gasteiger partial charge in [0.2, 0.25) is 20.0 Å². The first-order valence-electron chi connectivity index (χ1n) is 29.1. The van der Waals surface area contributed by atoms with E-state index in [4.69, 9.17) is 10.8 Å². The van der Waals surface area contributed by atoms with Gasteiger partial charge in [0, 0.05) is 60.3 Å². The van der Waals surface area contributed by atoms with Gasteiger partial charge in [-0.2, -0.15) is 0 Å². The minimum Gasteiger partial charge on any atom is -0.478 e. The van der Waals surface area contributed by atoms with E-state index < -0.39 is 79.5 Å². The molecule has 6 aromatic rings. The fraction of sp³-hybridized carbons (Fsp3) is 0.424. The first kappa shape index (κ1) is 69.4. The second-order valence-electron chi connectivity index (χ2n) is 25.3. The molecule has 0 fully saturated rings. The average Bonchev–Trinajstić information content (AvgIpc) is 3.46. The number of halogens is 4. The molecule has 0 bridgehead atoms. The lowest BCUT2D eigenvalue weighted by Gasteiger charge is -2.31. The lowest BCUT2D eigenvalue weighted by molar-refractivity contribution is 0.0696. The van der Waals surface area contributed by atoms with Gasteiger partial charge in [0.05, 0.1) is 36.3 Å². The first-order chi connectivity index (χ1) is 40.6. The lowest BCUT2D eigenvalue weighted by atomic mass is 9.82. The van der Waals surface area contributed by atoms with Gasteiger partial charge in [0.1, 0.15) is 23.3 Å². The number of aromatic carboxylic acids is 1. The number of anilines is 2. The van der Waals surface area contributed by atoms with Crippen molar-refractivity contribution in [3.8, 4) is 0 Å². The second-order valence-corrected chi connectivity index (χ2v) is 28.8. The molecular formula is C66H84F4N6O9S2. The molecule has 8 rings (SSSR count). The van der Waals surface area contributed by atoms with Gasteiger partial charge in [0.25, 0.3) is 5.91 Å². The van der Waals surface area contributed by atoms with E-state index in [0.717, 1.165) is 76.0 Å². The first-order valence-corrected chi connectivity index (χ1v) is 32.8. The van der Waals surface area contributed by atoms with Crippen molar-refractivity contribution in [1.29, 1.82) is 0 Å². The van der Waals surface area contributed by atoms with E-state index in [1.807, 2.05) is 0 Å². The van der Waals surface area contributed by atoms with Crippen molar-refractivity contribution in [2.45, 2.75) is 142 Å². The van der Waals surface area contributed by atoms with Crippen molar-refractivity contribution >= 4 is 43.3 Å². The van der Waals surface area contributed by atoms with E-state index in [1.165, 1.54) is 106 Å². The Bertz CT molecular complexity index is 3520. The Hall–Kier alpha value is -6.72. The van der Waals surface area contributed by atoms with Gasteiger partial charge in [-0.05, 0) is 180 Å². The van der Waals surface area contributed by atoms with E-state index in [2.05, 4.69) is 103 Å². The summed E-state index contributed by atoms with van der Waals surface area (Å²) in [6.45, 7) is 13.8. The second kappa shape index (κ2) is 30.5. The summed E-state index contributed by atoms with van der Waals surface area (Å²) in [4.78, 5) is 23.8. The highest BCUT2D eigenvalue weighted by Crippen LogP contribution is 2.34. The molecular weight excluding hydrogens is 1160 g/mol. The zero-order chi connectivity index (χ0) is 64.0. The molecule has 0 spiro atoms. The third-order valence-corrected chi connectivity index (χ3v) is 15.8. The van der Waals surface area contributed by atoms with Gasteiger partial charge >= 0.3 is 5.97 Å². The van der Waals surface area contributed by atoms with E-state index in [-0.39, 0.29) is 70.4 Å². The standard InChI is InChI=1S/C33H41F2N3O4S.C25H34F2N2O.C8H9NO4S/c1-33(2,3)19-21-11-12-23-7-6-10-29(28(23)15-21)36-20-31(39)30(16-22-13-25(34)18-26(35)14-22)37-32(40)24-8-5-9-27(17-24)38-43(4,41)42;1-25(2,3)14-16-7-8-18-5-4-6-23(21(18)11-16)29-15-24(30)22(28)12-17-9-19(26)13-20(27)10-17;1-14(12,13)9-7-4-2-3-6(5-7)8(10)11/h5,8-9,11-15,17-18,29-31,36,38-39H,6-7,10,16,19-20H2,1-4H3,(H,37,40);7-11,13,22-24,29-30H,4-6,12,14-15,28H2,1-3H3;2-5,9H,1H3,(H,10,11)/t29-,30-,31+;22-,23-,24+;/m00./s1. The van der Waals surface area contributed by atoms with Crippen molar-refractivity contribution in [3.63, 3.8) is 0 Å². The van der Waals surface area contributed by atoms with Crippen LogP contribution in [-0.2, 0) is 58.6 Å². The molecule has 0 unspecified atom stereocenters. The zero-order valence-electron chi connectivity index (χ0n) is 50.7. The maximum absolute atomic E-state index is 14.0. The van der Waals surface area contributed by atoms with Gasteiger partial charge in [0.15, 0.2) is 0 Å². The fourth-order valence-electron chi connectivity index (χ4n) is 10.9. The summed E-state index contributed by atoms with van der Waals surface area (Å²) in [5.74, 6) is -4.42. The third-order valence-electron chi connectivity index (χ3n) is 14.6. The SMILES string of the molecule is CC(C)(C)Cc1ccc2c(c1)[C@@H](NC[C@@H](O)[C@@H](N)Cc1cc(F)cc(F)c1)CCC2.CC(C)(C)Cc1ccc2c(c1)[C@@H](NC[C@@H](O)[C@H](Cc1cc(F)cc(F)c1)NC(=O)c1cccc(NS(C)(=O)=O)c1)CCC2.CS(=O)(=O)Nc1cccc(C(=O)O)c1. The van der Waals surface area contributed by atoms with Gasteiger partial charge in [-0.15, -0.1) is 0 Å². The maximum Gasteiger partial charge on any atom is 0.335 e. The summed E-state index contributed by atoms with van der Waals surface area (Å²) < 4.78 is 104. The number of nitrogens with two attached hydrogens (primary N) is 1. The van der Waals surface area contributed by atoms with Crippen LogP contribution in [0.15, 0.2) is 121 Å². The van der Waals surface area contributed by atoms with Crippen LogP contribution in [0.1, 0.15) is 145 Å². The van der Waals surface area contributed by atoms with Crippen molar-refractivity contribution in [3.05, 3.63) is 200 Å². The minimum absolute atomic E-state index is 0.0139. The summed E-state index contributed by atoms with van der Waals surface area (Å²) in [7, 11) is -6.92. The number of benzene rings is 6. The number of amides is 1. The van der Waals surface area contributed by atoms with Crippen LogP contribution in [0.2, 0.25) is 0 Å². The number of aliphatic hydroxyl groups excluding tert-OH is 2. The molecule has 87 heavy (non-hydrogen) atoms. The largest absolute Gasteiger partial charge is 0.478 e. The van der Waals surface area contributed by atoms with E-state index in [9.17, 15) is 54.2 Å². The predicted octanol–water partition coefficient (Wildman–Crippen LogP) is 10.5. The number of aryl methyl sites for hydroxylation is 2. The Morgan fingerprint density at radius 3 is 1.40 bits per heavy atom. The van der Waals surface area contributed by atoms with E-state index in [1.54, 1.807) is 0 Å². The zero-order valence-corrected chi connectivity index (χ0v) is 52.3. The van der Waals surface area contributed by atoms with E-state index >= 15 is 0 Å².